The van der Waals surface area contributed by atoms with Crippen LogP contribution in [0.3, 0.4) is 0 Å². The first kappa shape index (κ1) is 45.7. The van der Waals surface area contributed by atoms with E-state index in [0.717, 1.165) is 5.69 Å². The number of aromatic hydroxyl groups is 1. The number of amides is 6. The minimum absolute atomic E-state index is 0.0299. The summed E-state index contributed by atoms with van der Waals surface area (Å²) in [6.45, 7) is 3.02. The third-order valence-corrected chi connectivity index (χ3v) is 11.8. The van der Waals surface area contributed by atoms with Gasteiger partial charge in [-0.25, -0.2) is 9.78 Å². The third kappa shape index (κ3) is 10.3. The van der Waals surface area contributed by atoms with E-state index in [4.69, 9.17) is 4.74 Å². The number of ether oxygens (including phenoxy) is 1. The number of cyclic esters (lactones) is 1. The normalized spacial score (nSPS) is 25.4. The van der Waals surface area contributed by atoms with E-state index in [-0.39, 0.29) is 56.5 Å². The van der Waals surface area contributed by atoms with Crippen molar-refractivity contribution < 1.29 is 48.2 Å². The number of piperidine rings is 1. The van der Waals surface area contributed by atoms with Crippen LogP contribution in [0.1, 0.15) is 73.6 Å². The Bertz CT molecular complexity index is 2220. The van der Waals surface area contributed by atoms with Gasteiger partial charge >= 0.3 is 5.97 Å². The zero-order valence-corrected chi connectivity index (χ0v) is 36.0. The SMILES string of the molecule is CC[C@@H]1NC(=O)[C@@H](NC(=O)c2ncccc2O)[C@@H](C)OC(=O)[C@H](c2ccccc2)NC(=O)[C@@H]2CC(=O)CCN2C(=O)[C@H](Cc2ccc(N(C)C)cc2)N(C)C(=O)[C@@H]2CCCN2C1=O. The average molecular weight is 867 g/mol. The van der Waals surface area contributed by atoms with Crippen LogP contribution in [-0.4, -0.2) is 143 Å². The fourth-order valence-corrected chi connectivity index (χ4v) is 8.20. The maximum Gasteiger partial charge on any atom is 0.333 e. The lowest BCUT2D eigenvalue weighted by Gasteiger charge is -2.40. The molecule has 6 rings (SSSR count). The highest BCUT2D eigenvalue weighted by Crippen LogP contribution is 2.27. The molecule has 4 heterocycles. The van der Waals surface area contributed by atoms with Crippen molar-refractivity contribution in [2.75, 3.05) is 39.1 Å². The van der Waals surface area contributed by atoms with E-state index in [9.17, 15) is 43.5 Å². The second-order valence-corrected chi connectivity index (χ2v) is 16.2. The molecule has 3 saturated heterocycles. The molecule has 18 nitrogen and oxygen atoms in total. The summed E-state index contributed by atoms with van der Waals surface area (Å²) in [6, 6.07) is 10.1. The highest BCUT2D eigenvalue weighted by atomic mass is 16.5. The van der Waals surface area contributed by atoms with Crippen molar-refractivity contribution in [3.05, 3.63) is 89.7 Å². The highest BCUT2D eigenvalue weighted by molar-refractivity contribution is 6.01. The number of ketones is 1. The van der Waals surface area contributed by atoms with E-state index in [0.29, 0.717) is 12.0 Å². The standard InChI is InChI=1S/C45H54N8O10/c1-6-31-42(59)52-22-11-14-32(52)43(60)51(5)34(24-27-16-18-29(19-17-27)50(3)4)44(61)53-23-20-30(54)25-33(53)39(56)49-37(28-12-8-7-9-13-28)45(62)63-26(2)36(40(57)47-31)48-41(58)38-35(55)15-10-21-46-38/h7-10,12-13,15-19,21,26,31-34,36-37,55H,6,11,14,20,22-25H2,1-5H3,(H,47,57)(H,48,58)(H,49,56)/t26-,31+,32+,33+,34+,36+,37+/m1/s1. The Morgan fingerprint density at radius 1 is 0.873 bits per heavy atom. The van der Waals surface area contributed by atoms with Crippen LogP contribution in [0.25, 0.3) is 0 Å². The van der Waals surface area contributed by atoms with Crippen molar-refractivity contribution in [3.63, 3.8) is 0 Å². The van der Waals surface area contributed by atoms with Crippen LogP contribution >= 0.6 is 0 Å². The van der Waals surface area contributed by atoms with Gasteiger partial charge in [0.15, 0.2) is 11.7 Å². The molecule has 18 heteroatoms. The molecule has 7 atom stereocenters. The van der Waals surface area contributed by atoms with Crippen LogP contribution in [0.5, 0.6) is 5.75 Å². The largest absolute Gasteiger partial charge is 0.505 e. The first-order valence-corrected chi connectivity index (χ1v) is 21.1. The van der Waals surface area contributed by atoms with E-state index in [1.165, 1.54) is 47.0 Å². The number of rotatable bonds is 7. The molecular formula is C45H54N8O10. The maximum atomic E-state index is 15.0. The van der Waals surface area contributed by atoms with Gasteiger partial charge in [0.1, 0.15) is 47.8 Å². The van der Waals surface area contributed by atoms with E-state index < -0.39 is 95.2 Å². The quantitative estimate of drug-likeness (QED) is 0.247. The summed E-state index contributed by atoms with van der Waals surface area (Å²) in [5, 5.41) is 18.2. The summed E-state index contributed by atoms with van der Waals surface area (Å²) in [4.78, 5) is 123. The zero-order valence-electron chi connectivity index (χ0n) is 36.0. The van der Waals surface area contributed by atoms with Crippen molar-refractivity contribution in [1.29, 1.82) is 0 Å². The lowest BCUT2D eigenvalue weighted by molar-refractivity contribution is -0.156. The number of benzene rings is 2. The molecule has 3 aliphatic rings. The highest BCUT2D eigenvalue weighted by Gasteiger charge is 2.45. The number of carbonyl (C=O) groups excluding carboxylic acids is 8. The van der Waals surface area contributed by atoms with E-state index in [1.807, 2.05) is 43.3 Å². The molecule has 63 heavy (non-hydrogen) atoms. The first-order chi connectivity index (χ1) is 30.1. The Labute approximate surface area is 365 Å². The molecule has 0 radical (unpaired) electrons. The number of nitrogens with zero attached hydrogens (tertiary/aromatic N) is 5. The lowest BCUT2D eigenvalue weighted by Crippen LogP contribution is -2.61. The molecule has 3 aliphatic heterocycles. The molecule has 3 fully saturated rings. The van der Waals surface area contributed by atoms with Gasteiger partial charge in [0.05, 0.1) is 0 Å². The fourth-order valence-electron chi connectivity index (χ4n) is 8.20. The molecule has 0 unspecified atom stereocenters. The first-order valence-electron chi connectivity index (χ1n) is 21.1. The average Bonchev–Trinajstić information content (AvgIpc) is 3.77. The number of carbonyl (C=O) groups is 8. The number of hydrogen-bond donors (Lipinski definition) is 4. The summed E-state index contributed by atoms with van der Waals surface area (Å²) < 4.78 is 5.85. The molecule has 0 aliphatic carbocycles. The van der Waals surface area contributed by atoms with Crippen LogP contribution in [0.2, 0.25) is 0 Å². The topological polar surface area (TPSA) is 228 Å². The fraction of sp³-hybridized carbons (Fsp3) is 0.444. The van der Waals surface area contributed by atoms with Crippen molar-refractivity contribution in [2.24, 2.45) is 0 Å². The second-order valence-electron chi connectivity index (χ2n) is 16.2. The molecule has 0 saturated carbocycles. The molecule has 3 aromatic rings. The van der Waals surface area contributed by atoms with Crippen LogP contribution < -0.4 is 20.9 Å². The van der Waals surface area contributed by atoms with Crippen LogP contribution in [0.15, 0.2) is 72.9 Å². The predicted molar refractivity (Wildman–Crippen MR) is 228 cm³/mol. The molecule has 1 aromatic heterocycles. The lowest BCUT2D eigenvalue weighted by atomic mass is 9.95. The Morgan fingerprint density at radius 2 is 1.57 bits per heavy atom. The number of likely N-dealkylation sites (N-methyl/N-ethyl adjacent to an activating group) is 1. The van der Waals surface area contributed by atoms with Crippen LogP contribution in [0.4, 0.5) is 5.69 Å². The number of hydrogen-bond acceptors (Lipinski definition) is 12. The van der Waals surface area contributed by atoms with Gasteiger partial charge in [-0.05, 0) is 61.6 Å². The maximum absolute atomic E-state index is 15.0. The molecular weight excluding hydrogens is 813 g/mol. The summed E-state index contributed by atoms with van der Waals surface area (Å²) in [6.07, 6.45) is 0.175. The summed E-state index contributed by atoms with van der Waals surface area (Å²) in [5.41, 5.74) is 1.45. The van der Waals surface area contributed by atoms with Gasteiger partial charge in [0, 0.05) is 65.4 Å². The second kappa shape index (κ2) is 19.9. The monoisotopic (exact) mass is 866 g/mol. The van der Waals surface area contributed by atoms with E-state index >= 15 is 0 Å². The van der Waals surface area contributed by atoms with Gasteiger partial charge in [-0.1, -0.05) is 49.4 Å². The Hall–Kier alpha value is -6.85. The van der Waals surface area contributed by atoms with Crippen molar-refractivity contribution in [2.45, 2.75) is 94.7 Å². The number of fused-ring (bicyclic) bond motifs is 2. The number of anilines is 1. The Morgan fingerprint density at radius 3 is 2.24 bits per heavy atom. The van der Waals surface area contributed by atoms with Crippen molar-refractivity contribution >= 4 is 52.9 Å². The Balaban J connectivity index is 1.44. The number of pyridine rings is 1. The predicted octanol–water partition coefficient (Wildman–Crippen LogP) is 1.27. The number of Topliss-reactive ketones (excluding diaryl/α,β-unsaturated/α-hetero) is 1. The summed E-state index contributed by atoms with van der Waals surface area (Å²) in [7, 11) is 5.25. The smallest absolute Gasteiger partial charge is 0.333 e. The van der Waals surface area contributed by atoms with E-state index in [1.54, 1.807) is 37.3 Å². The van der Waals surface area contributed by atoms with Crippen molar-refractivity contribution in [3.8, 4) is 5.75 Å². The molecule has 4 N–H and O–H groups in total. The number of esters is 1. The number of nitrogens with one attached hydrogen (secondary N) is 3. The van der Waals surface area contributed by atoms with Gasteiger partial charge in [-0.15, -0.1) is 0 Å². The van der Waals surface area contributed by atoms with Gasteiger partial charge in [0.2, 0.25) is 29.5 Å². The minimum atomic E-state index is -1.68. The molecule has 6 amide bonds. The van der Waals surface area contributed by atoms with E-state index in [2.05, 4.69) is 20.9 Å². The van der Waals surface area contributed by atoms with Crippen LogP contribution in [-0.2, 0) is 44.7 Å². The Kier molecular flexibility index (Phi) is 14.4. The molecule has 0 spiro atoms. The molecule has 334 valence electrons. The van der Waals surface area contributed by atoms with Crippen LogP contribution in [0, 0.1) is 0 Å². The van der Waals surface area contributed by atoms with Gasteiger partial charge in [0.25, 0.3) is 5.91 Å². The summed E-state index contributed by atoms with van der Waals surface area (Å²) >= 11 is 0. The molecule has 0 bridgehead atoms. The minimum Gasteiger partial charge on any atom is -0.505 e. The van der Waals surface area contributed by atoms with Gasteiger partial charge in [-0.2, -0.15) is 0 Å². The zero-order chi connectivity index (χ0) is 45.5. The third-order valence-electron chi connectivity index (χ3n) is 11.8. The summed E-state index contributed by atoms with van der Waals surface area (Å²) in [5.74, 6) is -6.33. The van der Waals surface area contributed by atoms with Gasteiger partial charge in [-0.3, -0.25) is 33.6 Å². The molecule has 2 aromatic carbocycles. The van der Waals surface area contributed by atoms with Gasteiger partial charge < -0.3 is 45.4 Å². The number of aromatic nitrogens is 1. The van der Waals surface area contributed by atoms with Crippen molar-refractivity contribution in [1.82, 2.24) is 35.6 Å².